The molecule has 4 nitrogen and oxygen atoms in total. The molecule has 0 bridgehead atoms. The molecule has 2 N–H and O–H groups in total. The molecule has 2 saturated heterocycles. The van der Waals surface area contributed by atoms with Gasteiger partial charge >= 0.3 is 0 Å². The maximum Gasteiger partial charge on any atom is 0.0623 e. The first kappa shape index (κ1) is 18.5. The van der Waals surface area contributed by atoms with Crippen LogP contribution in [-0.4, -0.2) is 63.4 Å². The lowest BCUT2D eigenvalue weighted by molar-refractivity contribution is 0.0524. The smallest absolute Gasteiger partial charge is 0.0623 e. The molecule has 2 heterocycles. The number of piperidine rings is 1. The first-order valence-corrected chi connectivity index (χ1v) is 9.06. The van der Waals surface area contributed by atoms with Crippen LogP contribution in [0.3, 0.4) is 0 Å². The average molecular weight is 332 g/mol. The van der Waals surface area contributed by atoms with Crippen LogP contribution in [0.4, 0.5) is 0 Å². The summed E-state index contributed by atoms with van der Waals surface area (Å²) in [6.07, 6.45) is 8.26. The van der Waals surface area contributed by atoms with Gasteiger partial charge in [0.25, 0.3) is 0 Å². The number of likely N-dealkylation sites (tertiary alicyclic amines) is 1. The Morgan fingerprint density at radius 2 is 2.00 bits per heavy atom. The van der Waals surface area contributed by atoms with Crippen LogP contribution in [0, 0.1) is 11.8 Å². The molecule has 3 fully saturated rings. The second-order valence-corrected chi connectivity index (χ2v) is 7.33. The number of nitrogens with one attached hydrogen (secondary N) is 2. The molecule has 3 atom stereocenters. The van der Waals surface area contributed by atoms with E-state index in [1.165, 1.54) is 58.2 Å². The molecular weight excluding hydrogens is 298 g/mol. The third-order valence-electron chi connectivity index (χ3n) is 5.83. The number of hydrogen-bond donors (Lipinski definition) is 2. The number of rotatable bonds is 5. The first-order chi connectivity index (χ1) is 10.3. The molecule has 0 radical (unpaired) electrons. The highest BCUT2D eigenvalue weighted by atomic mass is 35.5. The Balaban J connectivity index is 0.00000176. The molecule has 3 aliphatic rings. The molecule has 3 rings (SSSR count). The van der Waals surface area contributed by atoms with Crippen molar-refractivity contribution < 1.29 is 4.74 Å². The summed E-state index contributed by atoms with van der Waals surface area (Å²) < 4.78 is 5.66. The van der Waals surface area contributed by atoms with Crippen molar-refractivity contribution in [3.8, 4) is 0 Å². The van der Waals surface area contributed by atoms with E-state index in [2.05, 4.69) is 22.6 Å². The summed E-state index contributed by atoms with van der Waals surface area (Å²) in [6, 6.07) is 1.30. The molecule has 1 saturated carbocycles. The highest BCUT2D eigenvalue weighted by Crippen LogP contribution is 2.29. The van der Waals surface area contributed by atoms with E-state index in [9.17, 15) is 0 Å². The maximum absolute atomic E-state index is 5.66. The summed E-state index contributed by atoms with van der Waals surface area (Å²) in [6.45, 7) is 6.63. The zero-order chi connectivity index (χ0) is 14.5. The molecule has 22 heavy (non-hydrogen) atoms. The van der Waals surface area contributed by atoms with Gasteiger partial charge in [0.1, 0.15) is 0 Å². The van der Waals surface area contributed by atoms with Crippen molar-refractivity contribution in [2.75, 3.05) is 46.4 Å². The molecule has 0 amide bonds. The Morgan fingerprint density at radius 3 is 2.73 bits per heavy atom. The van der Waals surface area contributed by atoms with Crippen molar-refractivity contribution in [2.45, 2.75) is 50.6 Å². The lowest BCUT2D eigenvalue weighted by Crippen LogP contribution is -2.51. The number of hydrogen-bond acceptors (Lipinski definition) is 4. The molecule has 3 unspecified atom stereocenters. The predicted molar refractivity (Wildman–Crippen MR) is 93.8 cm³/mol. The molecule has 0 spiro atoms. The monoisotopic (exact) mass is 331 g/mol. The van der Waals surface area contributed by atoms with Gasteiger partial charge in [-0.1, -0.05) is 6.42 Å². The van der Waals surface area contributed by atoms with Crippen LogP contribution >= 0.6 is 12.4 Å². The van der Waals surface area contributed by atoms with Gasteiger partial charge in [-0.2, -0.15) is 0 Å². The Morgan fingerprint density at radius 1 is 1.18 bits per heavy atom. The third kappa shape index (κ3) is 5.07. The van der Waals surface area contributed by atoms with E-state index >= 15 is 0 Å². The zero-order valence-corrected chi connectivity index (χ0v) is 14.9. The van der Waals surface area contributed by atoms with Crippen LogP contribution in [0.15, 0.2) is 0 Å². The highest BCUT2D eigenvalue weighted by Gasteiger charge is 2.34. The highest BCUT2D eigenvalue weighted by molar-refractivity contribution is 5.85. The lowest BCUT2D eigenvalue weighted by Gasteiger charge is -2.33. The average Bonchev–Trinajstić information content (AvgIpc) is 2.99. The van der Waals surface area contributed by atoms with Gasteiger partial charge < -0.3 is 20.3 Å². The van der Waals surface area contributed by atoms with Crippen molar-refractivity contribution in [3.63, 3.8) is 0 Å². The van der Waals surface area contributed by atoms with E-state index in [0.29, 0.717) is 6.04 Å². The minimum Gasteiger partial charge on any atom is -0.379 e. The molecular formula is C17H34ClN3O. The van der Waals surface area contributed by atoms with Crippen LogP contribution in [0.1, 0.15) is 38.5 Å². The Bertz CT molecular complexity index is 304. The summed E-state index contributed by atoms with van der Waals surface area (Å²) in [4.78, 5) is 2.46. The topological polar surface area (TPSA) is 36.5 Å². The second kappa shape index (κ2) is 9.43. The van der Waals surface area contributed by atoms with E-state index in [4.69, 9.17) is 4.74 Å². The van der Waals surface area contributed by atoms with Crippen molar-refractivity contribution in [2.24, 2.45) is 11.8 Å². The Kier molecular flexibility index (Phi) is 7.92. The number of halogens is 1. The quantitative estimate of drug-likeness (QED) is 0.806. The van der Waals surface area contributed by atoms with Crippen molar-refractivity contribution in [1.82, 2.24) is 15.5 Å². The van der Waals surface area contributed by atoms with Gasteiger partial charge in [-0.15, -0.1) is 12.4 Å². The SMILES string of the molecule is CN1CCC(CCNC2CCCC2C2COCCN2)CC1.Cl. The fourth-order valence-corrected chi connectivity index (χ4v) is 4.41. The number of nitrogens with zero attached hydrogens (tertiary/aromatic N) is 1. The van der Waals surface area contributed by atoms with E-state index < -0.39 is 0 Å². The Hall–Kier alpha value is 0.130. The predicted octanol–water partition coefficient (Wildman–Crippen LogP) is 1.89. The van der Waals surface area contributed by atoms with Crippen LogP contribution < -0.4 is 10.6 Å². The van der Waals surface area contributed by atoms with E-state index in [0.717, 1.165) is 37.6 Å². The molecule has 1 aliphatic carbocycles. The normalized spacial score (nSPS) is 34.5. The molecule has 0 aromatic heterocycles. The van der Waals surface area contributed by atoms with Crippen molar-refractivity contribution >= 4 is 12.4 Å². The third-order valence-corrected chi connectivity index (χ3v) is 5.83. The summed E-state index contributed by atoms with van der Waals surface area (Å²) in [7, 11) is 2.25. The first-order valence-electron chi connectivity index (χ1n) is 9.06. The standard InChI is InChI=1S/C17H33N3O.ClH/c1-20-10-6-14(7-11-20)5-8-18-16-4-2-3-15(16)17-13-21-12-9-19-17;/h14-19H,2-13H2,1H3;1H. The second-order valence-electron chi connectivity index (χ2n) is 7.33. The van der Waals surface area contributed by atoms with E-state index in [1.807, 2.05) is 0 Å². The minimum atomic E-state index is 0. The van der Waals surface area contributed by atoms with Crippen LogP contribution in [-0.2, 0) is 4.74 Å². The molecule has 130 valence electrons. The Labute approximate surface area is 142 Å². The summed E-state index contributed by atoms with van der Waals surface area (Å²) in [5, 5.41) is 7.54. The summed E-state index contributed by atoms with van der Waals surface area (Å²) in [5.41, 5.74) is 0. The molecule has 5 heteroatoms. The number of morpholine rings is 1. The van der Waals surface area contributed by atoms with Crippen LogP contribution in [0.2, 0.25) is 0 Å². The van der Waals surface area contributed by atoms with E-state index in [-0.39, 0.29) is 12.4 Å². The van der Waals surface area contributed by atoms with Crippen LogP contribution in [0.5, 0.6) is 0 Å². The number of ether oxygens (including phenoxy) is 1. The molecule has 0 aromatic rings. The minimum absolute atomic E-state index is 0. The molecule has 2 aliphatic heterocycles. The summed E-state index contributed by atoms with van der Waals surface area (Å²) >= 11 is 0. The van der Waals surface area contributed by atoms with Crippen molar-refractivity contribution in [1.29, 1.82) is 0 Å². The van der Waals surface area contributed by atoms with Gasteiger partial charge in [0.2, 0.25) is 0 Å². The van der Waals surface area contributed by atoms with Gasteiger partial charge in [-0.3, -0.25) is 0 Å². The van der Waals surface area contributed by atoms with Gasteiger partial charge in [0.05, 0.1) is 13.2 Å². The largest absolute Gasteiger partial charge is 0.379 e. The van der Waals surface area contributed by atoms with Gasteiger partial charge in [0.15, 0.2) is 0 Å². The van der Waals surface area contributed by atoms with Crippen molar-refractivity contribution in [3.05, 3.63) is 0 Å². The fourth-order valence-electron chi connectivity index (χ4n) is 4.41. The zero-order valence-electron chi connectivity index (χ0n) is 14.1. The van der Waals surface area contributed by atoms with Gasteiger partial charge in [0, 0.05) is 18.6 Å². The summed E-state index contributed by atoms with van der Waals surface area (Å²) in [5.74, 6) is 1.73. The molecule has 0 aromatic carbocycles. The van der Waals surface area contributed by atoms with Gasteiger partial charge in [-0.05, 0) is 70.6 Å². The lowest BCUT2D eigenvalue weighted by atomic mass is 9.92. The maximum atomic E-state index is 5.66. The van der Waals surface area contributed by atoms with Crippen LogP contribution in [0.25, 0.3) is 0 Å². The fraction of sp³-hybridized carbons (Fsp3) is 1.00. The van der Waals surface area contributed by atoms with Gasteiger partial charge in [-0.25, -0.2) is 0 Å². The van der Waals surface area contributed by atoms with E-state index in [1.54, 1.807) is 0 Å².